The van der Waals surface area contributed by atoms with E-state index in [2.05, 4.69) is 153 Å². The summed E-state index contributed by atoms with van der Waals surface area (Å²) in [5.41, 5.74) is 20.7. The molecule has 7 amide bonds. The highest BCUT2D eigenvalue weighted by molar-refractivity contribution is 6.05. The SMILES string of the molecule is COC(=O)N[C@H](C(=O)N1CCC[C@H]1c1ncc(-c2ccc3cc(-c4ccc(C5=CN=C([C@@H]6CCCN6)C5)cc4)ccc3c2)[nH]1)C(C)C.COC(=O)N[C@H](C(=O)N1CCC[C@H]1c1ncc(-c2ccc3cc(-c4ccc(C5=CN=C([C@@H]6CCCN6C(=O)[C@H]6c7ccccc7CCN6C(=O)OCc6ccccc6)C5)cc4)ccc3c2)[nH]1)C(C)C.O=C(O)[C@H]1c2ccccc2CCN1C(=O)OCc1ccccc1. The van der Waals surface area contributed by atoms with Crippen LogP contribution in [0, 0.1) is 11.8 Å². The molecule has 12 aromatic rings. The number of aliphatic imine (C=N–C) groups is 2. The first-order valence-electron chi connectivity index (χ1n) is 48.3. The van der Waals surface area contributed by atoms with Gasteiger partial charge in [0.1, 0.15) is 43.0 Å². The highest BCUT2D eigenvalue weighted by Crippen LogP contribution is 2.42. The molecule has 27 heteroatoms. The Kier molecular flexibility index (Phi) is 28.9. The number of benzene rings is 10. The third-order valence-electron chi connectivity index (χ3n) is 28.0. The van der Waals surface area contributed by atoms with E-state index < -0.39 is 54.5 Å². The van der Waals surface area contributed by atoms with E-state index in [1.165, 1.54) is 65.3 Å². The van der Waals surface area contributed by atoms with E-state index in [1.807, 2.05) is 158 Å². The van der Waals surface area contributed by atoms with Crippen molar-refractivity contribution < 1.29 is 62.4 Å². The minimum absolute atomic E-state index is 0.0790. The number of likely N-dealkylation sites (tertiary alicyclic amines) is 3. The average molecular weight is 1870 g/mol. The number of alkyl carbamates (subject to hydrolysis) is 2. The van der Waals surface area contributed by atoms with Gasteiger partial charge in [0, 0.05) is 86.6 Å². The lowest BCUT2D eigenvalue weighted by Crippen LogP contribution is -2.51. The predicted molar refractivity (Wildman–Crippen MR) is 536 cm³/mol. The summed E-state index contributed by atoms with van der Waals surface area (Å²) in [6.07, 6.45) is 15.6. The Labute approximate surface area is 808 Å². The maximum absolute atomic E-state index is 14.7. The van der Waals surface area contributed by atoms with Crippen LogP contribution in [0.2, 0.25) is 0 Å². The number of hydrogen-bond acceptors (Lipinski definition) is 17. The number of carbonyl (C=O) groups is 8. The summed E-state index contributed by atoms with van der Waals surface area (Å²) in [5.74, 6) is -0.0765. The van der Waals surface area contributed by atoms with Crippen molar-refractivity contribution in [1.29, 1.82) is 0 Å². The number of fused-ring (bicyclic) bond motifs is 4. The fourth-order valence-electron chi connectivity index (χ4n) is 20.5. The van der Waals surface area contributed by atoms with Gasteiger partial charge in [0.2, 0.25) is 11.8 Å². The topological polar surface area (TPSA) is 328 Å². The number of carboxylic acids is 1. The zero-order chi connectivity index (χ0) is 96.3. The summed E-state index contributed by atoms with van der Waals surface area (Å²) < 4.78 is 20.6. The van der Waals surface area contributed by atoms with Crippen molar-refractivity contribution in [3.05, 3.63) is 311 Å². The zero-order valence-corrected chi connectivity index (χ0v) is 79.0. The number of H-pyrrole nitrogens is 2. The number of imidazole rings is 2. The number of hydrogen-bond donors (Lipinski definition) is 6. The standard InChI is InChI=1S/C56H57N7O6.C38H42N6O3.C18H17NO4/c1-35(2)50(60-55(66)68-3)53(64)62-27-10-16-49(62)52-58-33-47(59-52)43-24-23-41-29-40(21-22-42(41)30-43)37-17-19-38(20-18-37)44-31-46(57-32-44)48-15-9-26-61(48)54(65)51-45-14-8-7-13-39(45)25-28-63(51)56(67)69-34-36-11-5-4-6-12-36;1-23(2)35(43-38(46)47-3)37(45)44-17-5-7-34(44)36-41-22-33(42-36)29-15-14-27-18-26(12-13-28(27)19-29)24-8-10-25(11-9-24)30-20-32(40-21-30)31-6-4-16-39-31;20-17(21)16-15-9-5-4-8-14(15)10-11-19(16)18(22)23-12-13-6-2-1-3-7-13/h4-8,11-14,17-24,29-30,32-33,35,48-51H,9-10,15-16,25-28,31,34H2,1-3H3,(H,58,59)(H,60,66);8-15,18-19,21-23,31,34-35,39H,4-7,16-17,20H2,1-3H3,(H,41,42)(H,43,46);1-9,16H,10-12H2,(H,20,21)/t48-,49-,50-,51+;31-,34-,35-;16-/m001/s1. The molecule has 6 N–H and O–H groups in total. The molecule has 0 unspecified atom stereocenters. The molecule has 4 fully saturated rings. The largest absolute Gasteiger partial charge is 0.479 e. The van der Waals surface area contributed by atoms with Gasteiger partial charge in [0.25, 0.3) is 5.91 Å². The van der Waals surface area contributed by atoms with Crippen molar-refractivity contribution in [1.82, 2.24) is 60.4 Å². The Morgan fingerprint density at radius 2 is 0.813 bits per heavy atom. The summed E-state index contributed by atoms with van der Waals surface area (Å²) in [4.78, 5) is 138. The molecule has 712 valence electrons. The van der Waals surface area contributed by atoms with Crippen LogP contribution in [0.3, 0.4) is 0 Å². The number of nitrogens with one attached hydrogen (secondary N) is 5. The van der Waals surface area contributed by atoms with Crippen molar-refractivity contribution in [2.75, 3.05) is 53.5 Å². The molecular weight excluding hydrogens is 1750 g/mol. The summed E-state index contributed by atoms with van der Waals surface area (Å²) in [5, 5.41) is 23.0. The number of aromatic nitrogens is 4. The van der Waals surface area contributed by atoms with Crippen molar-refractivity contribution in [2.24, 2.45) is 21.8 Å². The van der Waals surface area contributed by atoms with Crippen LogP contribution in [0.1, 0.15) is 172 Å². The van der Waals surface area contributed by atoms with Crippen molar-refractivity contribution >= 4 is 92.2 Å². The summed E-state index contributed by atoms with van der Waals surface area (Å²) in [6, 6.07) is 74.3. The van der Waals surface area contributed by atoms with Crippen LogP contribution >= 0.6 is 0 Å². The van der Waals surface area contributed by atoms with Gasteiger partial charge in [-0.25, -0.2) is 33.9 Å². The molecule has 8 atom stereocenters. The van der Waals surface area contributed by atoms with Crippen LogP contribution in [0.4, 0.5) is 19.2 Å². The number of methoxy groups -OCH3 is 2. The number of allylic oxidation sites excluding steroid dienone is 2. The molecule has 20 rings (SSSR count). The molecule has 10 heterocycles. The number of aromatic amines is 2. The van der Waals surface area contributed by atoms with E-state index in [1.54, 1.807) is 17.0 Å². The molecule has 0 bridgehead atoms. The molecule has 0 saturated carbocycles. The molecule has 0 radical (unpaired) electrons. The summed E-state index contributed by atoms with van der Waals surface area (Å²) in [6.45, 7) is 11.6. The first-order valence-corrected chi connectivity index (χ1v) is 48.3. The van der Waals surface area contributed by atoms with Gasteiger partial charge >= 0.3 is 30.3 Å². The Balaban J connectivity index is 0.000000156. The predicted octanol–water partition coefficient (Wildman–Crippen LogP) is 19.9. The lowest BCUT2D eigenvalue weighted by molar-refractivity contribution is -0.143. The smallest absolute Gasteiger partial charge is 0.411 e. The van der Waals surface area contributed by atoms with Gasteiger partial charge in [-0.15, -0.1) is 0 Å². The van der Waals surface area contributed by atoms with Crippen molar-refractivity contribution in [3.8, 4) is 44.8 Å². The molecule has 2 aromatic heterocycles. The third kappa shape index (κ3) is 21.1. The molecule has 0 spiro atoms. The highest BCUT2D eigenvalue weighted by Gasteiger charge is 2.46. The Morgan fingerprint density at radius 1 is 0.417 bits per heavy atom. The van der Waals surface area contributed by atoms with Gasteiger partial charge in [-0.2, -0.15) is 0 Å². The minimum Gasteiger partial charge on any atom is -0.479 e. The summed E-state index contributed by atoms with van der Waals surface area (Å²) in [7, 11) is 2.60. The minimum atomic E-state index is -1.05. The van der Waals surface area contributed by atoms with E-state index in [9.17, 15) is 43.5 Å². The van der Waals surface area contributed by atoms with Crippen LogP contribution in [-0.2, 0) is 64.2 Å². The van der Waals surface area contributed by atoms with Crippen LogP contribution in [0.5, 0.6) is 0 Å². The molecule has 4 saturated heterocycles. The molecule has 8 aliphatic rings. The summed E-state index contributed by atoms with van der Waals surface area (Å²) >= 11 is 0. The maximum atomic E-state index is 14.7. The fraction of sp³-hybridized carbons (Fsp3) is 0.321. The first-order chi connectivity index (χ1) is 67.7. The van der Waals surface area contributed by atoms with Gasteiger partial charge in [-0.05, 0) is 206 Å². The van der Waals surface area contributed by atoms with E-state index in [-0.39, 0.29) is 60.9 Å². The van der Waals surface area contributed by atoms with Crippen LogP contribution in [0.15, 0.2) is 265 Å². The number of nitrogens with zero attached hydrogens (tertiary/aromatic N) is 9. The maximum Gasteiger partial charge on any atom is 0.411 e. The first kappa shape index (κ1) is 94.2. The number of ether oxygens (including phenoxy) is 4. The highest BCUT2D eigenvalue weighted by atomic mass is 16.6. The van der Waals surface area contributed by atoms with E-state index in [4.69, 9.17) is 38.9 Å². The quantitative estimate of drug-likeness (QED) is 0.0343. The Morgan fingerprint density at radius 3 is 1.26 bits per heavy atom. The molecule has 10 aromatic carbocycles. The Hall–Kier alpha value is -15.1. The van der Waals surface area contributed by atoms with E-state index >= 15 is 0 Å². The van der Waals surface area contributed by atoms with Gasteiger partial charge < -0.3 is 64.7 Å². The fourth-order valence-corrected chi connectivity index (χ4v) is 20.5. The van der Waals surface area contributed by atoms with Crippen molar-refractivity contribution in [2.45, 2.75) is 166 Å². The van der Waals surface area contributed by atoms with E-state index in [0.717, 1.165) is 158 Å². The number of carboxylic acid groups (broad SMARTS) is 1. The third-order valence-corrected chi connectivity index (χ3v) is 28.0. The lowest BCUT2D eigenvalue weighted by atomic mass is 9.91. The second-order valence-electron chi connectivity index (χ2n) is 37.4. The number of amides is 7. The molecule has 139 heavy (non-hydrogen) atoms. The van der Waals surface area contributed by atoms with Crippen LogP contribution in [-0.4, -0.2) is 187 Å². The van der Waals surface area contributed by atoms with Crippen LogP contribution in [0.25, 0.3) is 77.5 Å². The van der Waals surface area contributed by atoms with Crippen molar-refractivity contribution in [3.63, 3.8) is 0 Å². The average Bonchev–Trinajstić information content (AvgIpc) is 1.75. The molecule has 0 aliphatic carbocycles. The van der Waals surface area contributed by atoms with Gasteiger partial charge in [-0.3, -0.25) is 34.2 Å². The number of aliphatic carboxylic acids is 1. The molecular formula is C112H116N14O13. The second-order valence-corrected chi connectivity index (χ2v) is 37.4. The van der Waals surface area contributed by atoms with Crippen LogP contribution < -0.4 is 16.0 Å². The van der Waals surface area contributed by atoms with Gasteiger partial charge in [-0.1, -0.05) is 234 Å². The van der Waals surface area contributed by atoms with E-state index in [0.29, 0.717) is 63.6 Å². The zero-order valence-electron chi connectivity index (χ0n) is 79.0. The Bertz CT molecular complexity index is 6680. The lowest BCUT2D eigenvalue weighted by Gasteiger charge is -2.39. The molecule has 27 nitrogen and oxygen atoms in total. The van der Waals surface area contributed by atoms with Gasteiger partial charge in [0.05, 0.1) is 56.1 Å². The van der Waals surface area contributed by atoms with Gasteiger partial charge in [0.15, 0.2) is 6.04 Å². The normalized spacial score (nSPS) is 19.1. The monoisotopic (exact) mass is 1860 g/mol. The number of rotatable bonds is 22. The number of carbonyl (C=O) groups excluding carboxylic acids is 7. The molecule has 8 aliphatic heterocycles. The second kappa shape index (κ2) is 42.6.